The second-order valence-corrected chi connectivity index (χ2v) is 3.93. The zero-order valence-electron chi connectivity index (χ0n) is 10.0. The SMILES string of the molecule is CCCCCCNCc1cn(CCO)nn1. The van der Waals surface area contributed by atoms with Crippen LogP contribution in [-0.4, -0.2) is 33.3 Å². The normalized spacial score (nSPS) is 10.9. The summed E-state index contributed by atoms with van der Waals surface area (Å²) in [6, 6.07) is 0. The molecular weight excluding hydrogens is 204 g/mol. The van der Waals surface area contributed by atoms with E-state index in [1.54, 1.807) is 4.68 Å². The van der Waals surface area contributed by atoms with Crippen LogP contribution in [0.4, 0.5) is 0 Å². The number of aliphatic hydroxyl groups excluding tert-OH is 1. The predicted octanol–water partition coefficient (Wildman–Crippen LogP) is 0.940. The minimum atomic E-state index is 0.104. The van der Waals surface area contributed by atoms with Gasteiger partial charge in [-0.25, -0.2) is 4.68 Å². The van der Waals surface area contributed by atoms with Gasteiger partial charge in [0.25, 0.3) is 0 Å². The smallest absolute Gasteiger partial charge is 0.0964 e. The molecule has 1 aromatic heterocycles. The van der Waals surface area contributed by atoms with Crippen LogP contribution < -0.4 is 5.32 Å². The van der Waals surface area contributed by atoms with Crippen LogP contribution in [0.25, 0.3) is 0 Å². The van der Waals surface area contributed by atoms with Crippen molar-refractivity contribution in [3.8, 4) is 0 Å². The van der Waals surface area contributed by atoms with Crippen molar-refractivity contribution in [1.29, 1.82) is 0 Å². The Morgan fingerprint density at radius 2 is 2.25 bits per heavy atom. The highest BCUT2D eigenvalue weighted by atomic mass is 16.3. The van der Waals surface area contributed by atoms with E-state index in [1.165, 1.54) is 25.7 Å². The first-order valence-electron chi connectivity index (χ1n) is 6.07. The molecule has 0 saturated carbocycles. The fourth-order valence-electron chi connectivity index (χ4n) is 1.52. The topological polar surface area (TPSA) is 63.0 Å². The summed E-state index contributed by atoms with van der Waals surface area (Å²) in [5.74, 6) is 0. The number of aromatic nitrogens is 3. The summed E-state index contributed by atoms with van der Waals surface area (Å²) in [5.41, 5.74) is 0.934. The Bertz CT molecular complexity index is 275. The fraction of sp³-hybridized carbons (Fsp3) is 0.818. The van der Waals surface area contributed by atoms with E-state index in [4.69, 9.17) is 5.11 Å². The molecule has 0 atom stereocenters. The molecule has 0 bridgehead atoms. The highest BCUT2D eigenvalue weighted by molar-refractivity contribution is 4.91. The highest BCUT2D eigenvalue weighted by Gasteiger charge is 1.99. The molecular formula is C11H22N4O. The lowest BCUT2D eigenvalue weighted by molar-refractivity contribution is 0.268. The molecule has 92 valence electrons. The lowest BCUT2D eigenvalue weighted by atomic mass is 10.2. The van der Waals surface area contributed by atoms with E-state index < -0.39 is 0 Å². The Morgan fingerprint density at radius 3 is 3.00 bits per heavy atom. The number of nitrogens with zero attached hydrogens (tertiary/aromatic N) is 3. The Labute approximate surface area is 96.9 Å². The molecule has 5 nitrogen and oxygen atoms in total. The standard InChI is InChI=1S/C11H22N4O/c1-2-3-4-5-6-12-9-11-10-15(7-8-16)14-13-11/h10,12,16H,2-9H2,1H3. The quantitative estimate of drug-likeness (QED) is 0.615. The molecule has 16 heavy (non-hydrogen) atoms. The first kappa shape index (κ1) is 13.1. The Kier molecular flexibility index (Phi) is 6.76. The summed E-state index contributed by atoms with van der Waals surface area (Å²) in [6.07, 6.45) is 6.97. The van der Waals surface area contributed by atoms with Gasteiger partial charge in [-0.3, -0.25) is 0 Å². The van der Waals surface area contributed by atoms with Crippen LogP contribution in [0.15, 0.2) is 6.20 Å². The van der Waals surface area contributed by atoms with Crippen LogP contribution in [0, 0.1) is 0 Å². The van der Waals surface area contributed by atoms with Gasteiger partial charge in [-0.2, -0.15) is 0 Å². The summed E-state index contributed by atoms with van der Waals surface area (Å²) in [7, 11) is 0. The molecule has 0 spiro atoms. The first-order chi connectivity index (χ1) is 7.86. The van der Waals surface area contributed by atoms with Crippen molar-refractivity contribution in [1.82, 2.24) is 20.3 Å². The number of nitrogens with one attached hydrogen (secondary N) is 1. The Hall–Kier alpha value is -0.940. The third-order valence-electron chi connectivity index (χ3n) is 2.43. The van der Waals surface area contributed by atoms with E-state index >= 15 is 0 Å². The minimum Gasteiger partial charge on any atom is -0.394 e. The van der Waals surface area contributed by atoms with Crippen molar-refractivity contribution >= 4 is 0 Å². The van der Waals surface area contributed by atoms with E-state index in [0.717, 1.165) is 18.8 Å². The summed E-state index contributed by atoms with van der Waals surface area (Å²) < 4.78 is 1.66. The largest absolute Gasteiger partial charge is 0.394 e. The molecule has 1 rings (SSSR count). The second kappa shape index (κ2) is 8.24. The third kappa shape index (κ3) is 5.23. The summed E-state index contributed by atoms with van der Waals surface area (Å²) >= 11 is 0. The lowest BCUT2D eigenvalue weighted by Crippen LogP contribution is -2.14. The van der Waals surface area contributed by atoms with E-state index in [9.17, 15) is 0 Å². The number of rotatable bonds is 9. The molecule has 5 heteroatoms. The molecule has 1 heterocycles. The van der Waals surface area contributed by atoms with E-state index in [0.29, 0.717) is 6.54 Å². The maximum Gasteiger partial charge on any atom is 0.0964 e. The Balaban J connectivity index is 2.07. The summed E-state index contributed by atoms with van der Waals surface area (Å²) in [5, 5.41) is 20.0. The zero-order chi connectivity index (χ0) is 11.6. The molecule has 0 aliphatic rings. The van der Waals surface area contributed by atoms with E-state index in [2.05, 4.69) is 22.6 Å². The maximum absolute atomic E-state index is 8.72. The van der Waals surface area contributed by atoms with Crippen LogP contribution in [0.1, 0.15) is 38.3 Å². The van der Waals surface area contributed by atoms with E-state index in [-0.39, 0.29) is 6.61 Å². The van der Waals surface area contributed by atoms with Gasteiger partial charge in [-0.05, 0) is 13.0 Å². The molecule has 0 aliphatic carbocycles. The molecule has 0 fully saturated rings. The Morgan fingerprint density at radius 1 is 1.38 bits per heavy atom. The molecule has 0 unspecified atom stereocenters. The lowest BCUT2D eigenvalue weighted by Gasteiger charge is -2.01. The van der Waals surface area contributed by atoms with Crippen molar-refractivity contribution < 1.29 is 5.11 Å². The van der Waals surface area contributed by atoms with Crippen molar-refractivity contribution in [3.63, 3.8) is 0 Å². The van der Waals surface area contributed by atoms with Crippen LogP contribution in [-0.2, 0) is 13.1 Å². The van der Waals surface area contributed by atoms with Gasteiger partial charge in [0.2, 0.25) is 0 Å². The van der Waals surface area contributed by atoms with Gasteiger partial charge in [-0.15, -0.1) is 5.10 Å². The highest BCUT2D eigenvalue weighted by Crippen LogP contribution is 1.98. The molecule has 1 aromatic rings. The van der Waals surface area contributed by atoms with Crippen molar-refractivity contribution in [3.05, 3.63) is 11.9 Å². The van der Waals surface area contributed by atoms with E-state index in [1.807, 2.05) is 6.20 Å². The van der Waals surface area contributed by atoms with Crippen molar-refractivity contribution in [2.45, 2.75) is 45.7 Å². The van der Waals surface area contributed by atoms with Crippen molar-refractivity contribution in [2.75, 3.05) is 13.2 Å². The average Bonchev–Trinajstić information content (AvgIpc) is 2.72. The molecule has 2 N–H and O–H groups in total. The first-order valence-corrected chi connectivity index (χ1v) is 6.07. The van der Waals surface area contributed by atoms with Gasteiger partial charge in [0.15, 0.2) is 0 Å². The molecule has 0 amide bonds. The monoisotopic (exact) mass is 226 g/mol. The van der Waals surface area contributed by atoms with Gasteiger partial charge in [0.05, 0.1) is 18.8 Å². The van der Waals surface area contributed by atoms with Crippen molar-refractivity contribution in [2.24, 2.45) is 0 Å². The molecule has 0 aromatic carbocycles. The molecule has 0 aliphatic heterocycles. The van der Waals surface area contributed by atoms with Gasteiger partial charge in [-0.1, -0.05) is 31.4 Å². The fourth-order valence-corrected chi connectivity index (χ4v) is 1.52. The van der Waals surface area contributed by atoms with Crippen LogP contribution in [0.5, 0.6) is 0 Å². The zero-order valence-corrected chi connectivity index (χ0v) is 10.0. The van der Waals surface area contributed by atoms with Crippen LogP contribution in [0.3, 0.4) is 0 Å². The molecule has 0 radical (unpaired) electrons. The third-order valence-corrected chi connectivity index (χ3v) is 2.43. The van der Waals surface area contributed by atoms with Crippen LogP contribution >= 0.6 is 0 Å². The number of hydrogen-bond donors (Lipinski definition) is 2. The molecule has 0 saturated heterocycles. The van der Waals surface area contributed by atoms with Crippen LogP contribution in [0.2, 0.25) is 0 Å². The maximum atomic E-state index is 8.72. The minimum absolute atomic E-state index is 0.104. The predicted molar refractivity (Wildman–Crippen MR) is 63.0 cm³/mol. The van der Waals surface area contributed by atoms with Gasteiger partial charge >= 0.3 is 0 Å². The summed E-state index contributed by atoms with van der Waals surface area (Å²) in [4.78, 5) is 0. The average molecular weight is 226 g/mol. The number of hydrogen-bond acceptors (Lipinski definition) is 4. The number of unbranched alkanes of at least 4 members (excludes halogenated alkanes) is 3. The number of aliphatic hydroxyl groups is 1. The van der Waals surface area contributed by atoms with Gasteiger partial charge < -0.3 is 10.4 Å². The summed E-state index contributed by atoms with van der Waals surface area (Å²) in [6.45, 7) is 4.63. The second-order valence-electron chi connectivity index (χ2n) is 3.93. The van der Waals surface area contributed by atoms with Gasteiger partial charge in [0, 0.05) is 12.7 Å². The van der Waals surface area contributed by atoms with Gasteiger partial charge in [0.1, 0.15) is 0 Å².